The van der Waals surface area contributed by atoms with Crippen LogP contribution in [0, 0.1) is 0 Å². The number of fused-ring (bicyclic) bond motifs is 1. The molecule has 1 aliphatic carbocycles. The van der Waals surface area contributed by atoms with Crippen molar-refractivity contribution in [1.29, 1.82) is 0 Å². The molecule has 1 aliphatic heterocycles. The molecule has 1 amide bonds. The van der Waals surface area contributed by atoms with Crippen molar-refractivity contribution in [2.24, 2.45) is 5.73 Å². The zero-order chi connectivity index (χ0) is 14.1. The lowest BCUT2D eigenvalue weighted by Gasteiger charge is -2.27. The summed E-state index contributed by atoms with van der Waals surface area (Å²) in [5, 5.41) is 6.48. The van der Waals surface area contributed by atoms with Gasteiger partial charge in [0, 0.05) is 23.0 Å². The van der Waals surface area contributed by atoms with Crippen molar-refractivity contribution in [1.82, 2.24) is 5.32 Å². The van der Waals surface area contributed by atoms with E-state index >= 15 is 0 Å². The van der Waals surface area contributed by atoms with Gasteiger partial charge in [0.2, 0.25) is 5.91 Å². The molecule has 0 saturated heterocycles. The van der Waals surface area contributed by atoms with Crippen molar-refractivity contribution in [2.75, 3.05) is 5.32 Å². The number of amides is 1. The molecule has 1 aromatic rings. The van der Waals surface area contributed by atoms with Crippen molar-refractivity contribution in [3.05, 3.63) is 28.2 Å². The number of para-hydroxylation sites is 1. The maximum atomic E-state index is 12.4. The monoisotopic (exact) mass is 337 g/mol. The number of benzene rings is 1. The lowest BCUT2D eigenvalue weighted by Crippen LogP contribution is -2.46. The molecule has 3 rings (SSSR count). The molecule has 1 unspecified atom stereocenters. The molecule has 1 atom stereocenters. The topological polar surface area (TPSA) is 67.1 Å². The zero-order valence-corrected chi connectivity index (χ0v) is 12.9. The molecule has 1 fully saturated rings. The maximum absolute atomic E-state index is 12.4. The first-order chi connectivity index (χ1) is 9.63. The fraction of sp³-hybridized carbons (Fsp3) is 0.533. The van der Waals surface area contributed by atoms with E-state index in [2.05, 4.69) is 32.6 Å². The molecule has 4 nitrogen and oxygen atoms in total. The second kappa shape index (κ2) is 5.74. The molecule has 0 spiro atoms. The third-order valence-corrected chi connectivity index (χ3v) is 4.94. The van der Waals surface area contributed by atoms with Gasteiger partial charge in [-0.25, -0.2) is 0 Å². The van der Waals surface area contributed by atoms with Crippen LogP contribution >= 0.6 is 15.9 Å². The van der Waals surface area contributed by atoms with Crippen molar-refractivity contribution in [3.8, 4) is 0 Å². The fourth-order valence-corrected chi connectivity index (χ4v) is 3.59. The van der Waals surface area contributed by atoms with Crippen molar-refractivity contribution < 1.29 is 4.79 Å². The molecule has 5 heteroatoms. The second-order valence-electron chi connectivity index (χ2n) is 5.80. The van der Waals surface area contributed by atoms with Crippen LogP contribution in [-0.4, -0.2) is 24.0 Å². The smallest absolute Gasteiger partial charge is 0.243 e. The summed E-state index contributed by atoms with van der Waals surface area (Å²) in [7, 11) is 0. The van der Waals surface area contributed by atoms with Crippen molar-refractivity contribution in [2.45, 2.75) is 50.2 Å². The highest BCUT2D eigenvalue weighted by Crippen LogP contribution is 2.33. The van der Waals surface area contributed by atoms with Gasteiger partial charge in [0.05, 0.1) is 5.69 Å². The fourth-order valence-electron chi connectivity index (χ4n) is 3.07. The van der Waals surface area contributed by atoms with Crippen molar-refractivity contribution >= 4 is 27.5 Å². The Kier molecular flexibility index (Phi) is 3.98. The van der Waals surface area contributed by atoms with Crippen LogP contribution in [0.2, 0.25) is 0 Å². The second-order valence-corrected chi connectivity index (χ2v) is 6.65. The molecule has 108 valence electrons. The van der Waals surface area contributed by atoms with Gasteiger partial charge in [0.15, 0.2) is 0 Å². The van der Waals surface area contributed by atoms with E-state index in [9.17, 15) is 4.79 Å². The highest BCUT2D eigenvalue weighted by Gasteiger charge is 2.30. The first-order valence-corrected chi connectivity index (χ1v) is 8.02. The zero-order valence-electron chi connectivity index (χ0n) is 11.4. The Morgan fingerprint density at radius 1 is 1.30 bits per heavy atom. The summed E-state index contributed by atoms with van der Waals surface area (Å²) in [6.07, 6.45) is 4.77. The van der Waals surface area contributed by atoms with E-state index in [1.165, 1.54) is 5.56 Å². The van der Waals surface area contributed by atoms with Gasteiger partial charge in [0.1, 0.15) is 6.04 Å². The van der Waals surface area contributed by atoms with Crippen molar-refractivity contribution in [3.63, 3.8) is 0 Å². The summed E-state index contributed by atoms with van der Waals surface area (Å²) in [6, 6.07) is 6.52. The SMILES string of the molecule is NC1CCC(NC(=O)C2Cc3cccc(Br)c3N2)CC1. The lowest BCUT2D eigenvalue weighted by molar-refractivity contribution is -0.122. The van der Waals surface area contributed by atoms with E-state index in [4.69, 9.17) is 5.73 Å². The summed E-state index contributed by atoms with van der Waals surface area (Å²) in [5.41, 5.74) is 8.15. The van der Waals surface area contributed by atoms with Crippen LogP contribution in [-0.2, 0) is 11.2 Å². The predicted molar refractivity (Wildman–Crippen MR) is 83.6 cm³/mol. The maximum Gasteiger partial charge on any atom is 0.243 e. The van der Waals surface area contributed by atoms with E-state index in [0.29, 0.717) is 6.04 Å². The standard InChI is InChI=1S/C15H20BrN3O/c16-12-3-1-2-9-8-13(19-14(9)12)15(20)18-11-6-4-10(17)5-7-11/h1-3,10-11,13,19H,4-8,17H2,(H,18,20). The Labute approximate surface area is 127 Å². The van der Waals surface area contributed by atoms with Gasteiger partial charge in [-0.1, -0.05) is 12.1 Å². The minimum atomic E-state index is -0.153. The number of anilines is 1. The van der Waals surface area contributed by atoms with Gasteiger partial charge >= 0.3 is 0 Å². The molecular formula is C15H20BrN3O. The summed E-state index contributed by atoms with van der Waals surface area (Å²) < 4.78 is 1.02. The van der Waals surface area contributed by atoms with Crippen LogP contribution in [0.3, 0.4) is 0 Å². The number of nitrogens with two attached hydrogens (primary N) is 1. The minimum absolute atomic E-state index is 0.105. The first-order valence-electron chi connectivity index (χ1n) is 7.23. The van der Waals surface area contributed by atoms with Crippen LogP contribution < -0.4 is 16.4 Å². The highest BCUT2D eigenvalue weighted by molar-refractivity contribution is 9.10. The first kappa shape index (κ1) is 13.9. The molecule has 0 bridgehead atoms. The molecule has 0 aromatic heterocycles. The molecule has 0 radical (unpaired) electrons. The number of hydrogen-bond donors (Lipinski definition) is 3. The third kappa shape index (κ3) is 2.83. The number of rotatable bonds is 2. The number of nitrogens with one attached hydrogen (secondary N) is 2. The van der Waals surface area contributed by atoms with Crippen LogP contribution in [0.25, 0.3) is 0 Å². The number of hydrogen-bond acceptors (Lipinski definition) is 3. The van der Waals surface area contributed by atoms with E-state index in [-0.39, 0.29) is 18.0 Å². The predicted octanol–water partition coefficient (Wildman–Crippen LogP) is 2.17. The van der Waals surface area contributed by atoms with Crippen LogP contribution in [0.15, 0.2) is 22.7 Å². The molecule has 2 aliphatic rings. The molecule has 1 aromatic carbocycles. The molecule has 20 heavy (non-hydrogen) atoms. The lowest BCUT2D eigenvalue weighted by atomic mass is 9.91. The summed E-state index contributed by atoms with van der Waals surface area (Å²) >= 11 is 3.52. The van der Waals surface area contributed by atoms with Gasteiger partial charge in [-0.15, -0.1) is 0 Å². The Hall–Kier alpha value is -1.07. The van der Waals surface area contributed by atoms with Gasteiger partial charge in [-0.05, 0) is 53.2 Å². The van der Waals surface area contributed by atoms with E-state index in [1.54, 1.807) is 0 Å². The van der Waals surface area contributed by atoms with Crippen LogP contribution in [0.5, 0.6) is 0 Å². The normalized spacial score (nSPS) is 28.6. The number of halogens is 1. The average Bonchev–Trinajstić information content (AvgIpc) is 2.87. The Bertz CT molecular complexity index is 512. The largest absolute Gasteiger partial charge is 0.372 e. The molecular weight excluding hydrogens is 318 g/mol. The third-order valence-electron chi connectivity index (χ3n) is 4.28. The van der Waals surface area contributed by atoms with Gasteiger partial charge in [-0.3, -0.25) is 4.79 Å². The quantitative estimate of drug-likeness (QED) is 0.774. The van der Waals surface area contributed by atoms with Crippen LogP contribution in [0.4, 0.5) is 5.69 Å². The molecule has 4 N–H and O–H groups in total. The van der Waals surface area contributed by atoms with Crippen LogP contribution in [0.1, 0.15) is 31.2 Å². The van der Waals surface area contributed by atoms with Gasteiger partial charge < -0.3 is 16.4 Å². The number of carbonyl (C=O) groups is 1. The minimum Gasteiger partial charge on any atom is -0.372 e. The van der Waals surface area contributed by atoms with Gasteiger partial charge in [0.25, 0.3) is 0 Å². The molecule has 1 saturated carbocycles. The average molecular weight is 338 g/mol. The summed E-state index contributed by atoms with van der Waals surface area (Å²) in [6.45, 7) is 0. The molecule has 1 heterocycles. The van der Waals surface area contributed by atoms with E-state index in [1.807, 2.05) is 12.1 Å². The highest BCUT2D eigenvalue weighted by atomic mass is 79.9. The van der Waals surface area contributed by atoms with Gasteiger partial charge in [-0.2, -0.15) is 0 Å². The Morgan fingerprint density at radius 2 is 2.05 bits per heavy atom. The Balaban J connectivity index is 1.59. The summed E-state index contributed by atoms with van der Waals surface area (Å²) in [4.78, 5) is 12.4. The number of carbonyl (C=O) groups excluding carboxylic acids is 1. The van der Waals surface area contributed by atoms with E-state index in [0.717, 1.165) is 42.3 Å². The summed E-state index contributed by atoms with van der Waals surface area (Å²) in [5.74, 6) is 0.105. The Morgan fingerprint density at radius 3 is 2.75 bits per heavy atom. The van der Waals surface area contributed by atoms with E-state index < -0.39 is 0 Å².